The third-order valence-corrected chi connectivity index (χ3v) is 4.59. The molecule has 2 N–H and O–H groups in total. The van der Waals surface area contributed by atoms with Gasteiger partial charge in [-0.1, -0.05) is 29.3 Å². The van der Waals surface area contributed by atoms with Gasteiger partial charge in [0.05, 0.1) is 20.8 Å². The predicted octanol–water partition coefficient (Wildman–Crippen LogP) is 3.49. The summed E-state index contributed by atoms with van der Waals surface area (Å²) >= 11 is 12.0. The van der Waals surface area contributed by atoms with Crippen LogP contribution in [0, 0.1) is 0 Å². The van der Waals surface area contributed by atoms with Gasteiger partial charge in [0, 0.05) is 21.7 Å². The van der Waals surface area contributed by atoms with E-state index in [4.69, 9.17) is 32.7 Å². The van der Waals surface area contributed by atoms with Gasteiger partial charge in [-0.15, -0.1) is 0 Å². The predicted molar refractivity (Wildman–Crippen MR) is 110 cm³/mol. The van der Waals surface area contributed by atoms with Crippen molar-refractivity contribution in [3.8, 4) is 11.5 Å². The molecule has 0 bridgehead atoms. The van der Waals surface area contributed by atoms with Crippen LogP contribution in [-0.2, 0) is 11.2 Å². The van der Waals surface area contributed by atoms with Gasteiger partial charge in [-0.25, -0.2) is 0 Å². The van der Waals surface area contributed by atoms with Gasteiger partial charge in [0.1, 0.15) is 0 Å². The number of methoxy groups -OCH3 is 2. The average molecular weight is 425 g/mol. The van der Waals surface area contributed by atoms with E-state index in [0.29, 0.717) is 33.5 Å². The molecule has 2 rings (SSSR count). The monoisotopic (exact) mass is 424 g/mol. The van der Waals surface area contributed by atoms with Gasteiger partial charge in [0.25, 0.3) is 5.91 Å². The molecule has 0 aliphatic rings. The van der Waals surface area contributed by atoms with Crippen molar-refractivity contribution in [2.24, 2.45) is 0 Å². The smallest absolute Gasteiger partial charge is 0.251 e. The number of amides is 2. The Labute approximate surface area is 174 Å². The molecule has 28 heavy (non-hydrogen) atoms. The van der Waals surface area contributed by atoms with Crippen LogP contribution in [0.2, 0.25) is 10.0 Å². The van der Waals surface area contributed by atoms with Crippen LogP contribution in [0.5, 0.6) is 11.5 Å². The van der Waals surface area contributed by atoms with Crippen molar-refractivity contribution in [1.29, 1.82) is 0 Å². The lowest BCUT2D eigenvalue weighted by atomic mass is 10.1. The van der Waals surface area contributed by atoms with Gasteiger partial charge >= 0.3 is 0 Å². The number of hydrogen-bond acceptors (Lipinski definition) is 4. The molecule has 0 aliphatic heterocycles. The highest BCUT2D eigenvalue weighted by molar-refractivity contribution is 6.35. The molecule has 1 unspecified atom stereocenters. The van der Waals surface area contributed by atoms with E-state index in [1.165, 1.54) is 14.2 Å². The fourth-order valence-electron chi connectivity index (χ4n) is 2.63. The van der Waals surface area contributed by atoms with Crippen molar-refractivity contribution in [1.82, 2.24) is 10.6 Å². The second kappa shape index (κ2) is 10.2. The summed E-state index contributed by atoms with van der Waals surface area (Å²) < 4.78 is 10.3. The van der Waals surface area contributed by atoms with Crippen LogP contribution in [-0.4, -0.2) is 38.6 Å². The van der Waals surface area contributed by atoms with Crippen molar-refractivity contribution in [3.63, 3.8) is 0 Å². The third-order valence-electron chi connectivity index (χ3n) is 4.00. The van der Waals surface area contributed by atoms with E-state index in [1.54, 1.807) is 30.3 Å². The second-order valence-corrected chi connectivity index (χ2v) is 7.00. The van der Waals surface area contributed by atoms with Crippen LogP contribution >= 0.6 is 23.2 Å². The number of carbonyl (C=O) groups is 2. The first-order valence-corrected chi connectivity index (χ1v) is 9.33. The molecule has 0 aliphatic carbocycles. The summed E-state index contributed by atoms with van der Waals surface area (Å²) in [7, 11) is 3.00. The summed E-state index contributed by atoms with van der Waals surface area (Å²) in [6.07, 6.45) is 0.547. The normalized spacial score (nSPS) is 11.5. The number of nitrogens with one attached hydrogen (secondary N) is 2. The minimum atomic E-state index is -0.385. The molecular formula is C20H22Cl2N2O4. The number of halogens is 2. The SMILES string of the molecule is COc1ccc(C(=O)NCC(=O)NC(C)Cc2ccc(Cl)cc2Cl)cc1OC. The second-order valence-electron chi connectivity index (χ2n) is 6.16. The van der Waals surface area contributed by atoms with E-state index in [9.17, 15) is 9.59 Å². The van der Waals surface area contributed by atoms with Crippen LogP contribution in [0.3, 0.4) is 0 Å². The molecule has 0 fully saturated rings. The molecule has 0 radical (unpaired) electrons. The highest BCUT2D eigenvalue weighted by Crippen LogP contribution is 2.27. The zero-order valence-electron chi connectivity index (χ0n) is 15.8. The molecular weight excluding hydrogens is 403 g/mol. The molecule has 0 spiro atoms. The molecule has 0 saturated carbocycles. The first-order chi connectivity index (χ1) is 13.3. The summed E-state index contributed by atoms with van der Waals surface area (Å²) in [6, 6.07) is 9.86. The molecule has 0 heterocycles. The van der Waals surface area contributed by atoms with E-state index in [-0.39, 0.29) is 24.4 Å². The van der Waals surface area contributed by atoms with Gasteiger partial charge in [-0.2, -0.15) is 0 Å². The van der Waals surface area contributed by atoms with Crippen molar-refractivity contribution in [2.75, 3.05) is 20.8 Å². The van der Waals surface area contributed by atoms with Crippen molar-refractivity contribution < 1.29 is 19.1 Å². The van der Waals surface area contributed by atoms with E-state index >= 15 is 0 Å². The molecule has 0 aromatic heterocycles. The maximum atomic E-state index is 12.3. The lowest BCUT2D eigenvalue weighted by Crippen LogP contribution is -2.41. The largest absolute Gasteiger partial charge is 0.493 e. The lowest BCUT2D eigenvalue weighted by Gasteiger charge is -2.15. The van der Waals surface area contributed by atoms with Crippen LogP contribution in [0.15, 0.2) is 36.4 Å². The van der Waals surface area contributed by atoms with Crippen LogP contribution in [0.1, 0.15) is 22.8 Å². The highest BCUT2D eigenvalue weighted by atomic mass is 35.5. The standard InChI is InChI=1S/C20H22Cl2N2O4/c1-12(8-13-4-6-15(21)10-16(13)22)24-19(25)11-23-20(26)14-5-7-17(27-2)18(9-14)28-3/h4-7,9-10,12H,8,11H2,1-3H3,(H,23,26)(H,24,25). The Balaban J connectivity index is 1.86. The molecule has 8 heteroatoms. The van der Waals surface area contributed by atoms with Crippen LogP contribution < -0.4 is 20.1 Å². The summed E-state index contributed by atoms with van der Waals surface area (Å²) in [6.45, 7) is 1.71. The minimum Gasteiger partial charge on any atom is -0.493 e. The van der Waals surface area contributed by atoms with Gasteiger partial charge in [-0.05, 0) is 49.2 Å². The Kier molecular flexibility index (Phi) is 7.96. The zero-order chi connectivity index (χ0) is 20.7. The first-order valence-electron chi connectivity index (χ1n) is 8.57. The lowest BCUT2D eigenvalue weighted by molar-refractivity contribution is -0.120. The Morgan fingerprint density at radius 3 is 2.39 bits per heavy atom. The number of carbonyl (C=O) groups excluding carboxylic acids is 2. The fourth-order valence-corrected chi connectivity index (χ4v) is 3.12. The molecule has 6 nitrogen and oxygen atoms in total. The van der Waals surface area contributed by atoms with E-state index in [0.717, 1.165) is 5.56 Å². The molecule has 150 valence electrons. The third kappa shape index (κ3) is 6.04. The van der Waals surface area contributed by atoms with Gasteiger partial charge < -0.3 is 20.1 Å². The van der Waals surface area contributed by atoms with Crippen molar-refractivity contribution in [2.45, 2.75) is 19.4 Å². The molecule has 2 amide bonds. The van der Waals surface area contributed by atoms with E-state index in [1.807, 2.05) is 13.0 Å². The Hall–Kier alpha value is -2.44. The summed E-state index contributed by atoms with van der Waals surface area (Å²) in [5.41, 5.74) is 1.25. The van der Waals surface area contributed by atoms with Gasteiger partial charge in [0.2, 0.25) is 5.91 Å². The Morgan fingerprint density at radius 1 is 1.04 bits per heavy atom. The maximum Gasteiger partial charge on any atom is 0.251 e. The van der Waals surface area contributed by atoms with Gasteiger partial charge in [0.15, 0.2) is 11.5 Å². The summed E-state index contributed by atoms with van der Waals surface area (Å²) in [4.78, 5) is 24.4. The van der Waals surface area contributed by atoms with Crippen molar-refractivity contribution in [3.05, 3.63) is 57.6 Å². The van der Waals surface area contributed by atoms with Crippen molar-refractivity contribution >= 4 is 35.0 Å². The quantitative estimate of drug-likeness (QED) is 0.679. The van der Waals surface area contributed by atoms with E-state index < -0.39 is 0 Å². The molecule has 2 aromatic rings. The molecule has 0 saturated heterocycles. The number of ether oxygens (including phenoxy) is 2. The number of rotatable bonds is 8. The number of benzene rings is 2. The molecule has 2 aromatic carbocycles. The average Bonchev–Trinajstić information content (AvgIpc) is 2.67. The minimum absolute atomic E-state index is 0.147. The highest BCUT2D eigenvalue weighted by Gasteiger charge is 2.14. The zero-order valence-corrected chi connectivity index (χ0v) is 17.4. The number of hydrogen-bond donors (Lipinski definition) is 2. The first kappa shape index (κ1) is 21.9. The maximum absolute atomic E-state index is 12.3. The fraction of sp³-hybridized carbons (Fsp3) is 0.300. The van der Waals surface area contributed by atoms with Crippen LogP contribution in [0.25, 0.3) is 0 Å². The Bertz CT molecular complexity index is 858. The summed E-state index contributed by atoms with van der Waals surface area (Å²) in [5.74, 6) is 0.274. The van der Waals surface area contributed by atoms with Crippen LogP contribution in [0.4, 0.5) is 0 Å². The topological polar surface area (TPSA) is 76.7 Å². The molecule has 1 atom stereocenters. The Morgan fingerprint density at radius 2 is 1.75 bits per heavy atom. The summed E-state index contributed by atoms with van der Waals surface area (Å²) in [5, 5.41) is 6.52. The van der Waals surface area contributed by atoms with E-state index in [2.05, 4.69) is 10.6 Å². The van der Waals surface area contributed by atoms with Gasteiger partial charge in [-0.3, -0.25) is 9.59 Å².